The summed E-state index contributed by atoms with van der Waals surface area (Å²) in [6.45, 7) is 0.540. The zero-order chi connectivity index (χ0) is 23.3. The standard InChI is InChI=1S/C21H21ClFN5O4/c1-32-9-8-25-19(30)17-21(20(24)31,27-11-26-17)12-2-5-14(6-3-12)28-18(29)15-7-4-13(23)10-16(15)22/h2-7,10-11,17H,8-9H2,1H3,(H2,24,31)(H,25,30)(H,26,27)(H,28,29). The number of nitrogens with one attached hydrogen (secondary N) is 3. The van der Waals surface area contributed by atoms with Gasteiger partial charge in [-0.05, 0) is 35.9 Å². The molecule has 2 aromatic carbocycles. The summed E-state index contributed by atoms with van der Waals surface area (Å²) in [4.78, 5) is 41.6. The summed E-state index contributed by atoms with van der Waals surface area (Å²) < 4.78 is 18.1. The molecular weight excluding hydrogens is 441 g/mol. The van der Waals surface area contributed by atoms with Crippen molar-refractivity contribution in [2.24, 2.45) is 10.7 Å². The number of ether oxygens (including phenoxy) is 1. The van der Waals surface area contributed by atoms with E-state index in [1.807, 2.05) is 0 Å². The minimum Gasteiger partial charge on any atom is -0.383 e. The number of hydrogen-bond donors (Lipinski definition) is 4. The third-order valence-electron chi connectivity index (χ3n) is 4.94. The average molecular weight is 462 g/mol. The van der Waals surface area contributed by atoms with Crippen molar-refractivity contribution in [1.29, 1.82) is 0 Å². The number of carbonyl (C=O) groups is 3. The monoisotopic (exact) mass is 461 g/mol. The van der Waals surface area contributed by atoms with Crippen molar-refractivity contribution >= 4 is 41.3 Å². The molecule has 1 heterocycles. The normalized spacial score (nSPS) is 19.3. The molecule has 32 heavy (non-hydrogen) atoms. The second kappa shape index (κ2) is 9.75. The Bertz CT molecular complexity index is 1060. The Kier molecular flexibility index (Phi) is 7.06. The Morgan fingerprint density at radius 1 is 1.25 bits per heavy atom. The van der Waals surface area contributed by atoms with E-state index in [4.69, 9.17) is 22.1 Å². The van der Waals surface area contributed by atoms with Crippen LogP contribution in [0.1, 0.15) is 15.9 Å². The maximum atomic E-state index is 13.2. The van der Waals surface area contributed by atoms with Crippen LogP contribution < -0.4 is 21.7 Å². The Labute approximate surface area is 188 Å². The number of benzene rings is 2. The first kappa shape index (κ1) is 23.2. The minimum atomic E-state index is -1.60. The molecule has 3 rings (SSSR count). The van der Waals surface area contributed by atoms with Crippen molar-refractivity contribution in [3.05, 3.63) is 64.4 Å². The van der Waals surface area contributed by atoms with Gasteiger partial charge in [-0.2, -0.15) is 0 Å². The van der Waals surface area contributed by atoms with Gasteiger partial charge in [0.1, 0.15) is 5.82 Å². The number of primary amides is 1. The molecule has 0 bridgehead atoms. The topological polar surface area (TPSA) is 135 Å². The lowest BCUT2D eigenvalue weighted by molar-refractivity contribution is -0.131. The van der Waals surface area contributed by atoms with E-state index in [0.717, 1.165) is 12.1 Å². The van der Waals surface area contributed by atoms with Crippen LogP contribution >= 0.6 is 11.6 Å². The molecule has 0 fully saturated rings. The number of rotatable bonds is 8. The van der Waals surface area contributed by atoms with Crippen LogP contribution in [0.15, 0.2) is 47.5 Å². The van der Waals surface area contributed by atoms with Gasteiger partial charge < -0.3 is 26.4 Å². The van der Waals surface area contributed by atoms with Gasteiger partial charge in [-0.1, -0.05) is 23.7 Å². The summed E-state index contributed by atoms with van der Waals surface area (Å²) in [6.07, 6.45) is 1.26. The fourth-order valence-corrected chi connectivity index (χ4v) is 3.57. The molecule has 1 aliphatic heterocycles. The number of anilines is 1. The molecule has 5 N–H and O–H groups in total. The minimum absolute atomic E-state index is 0.0265. The van der Waals surface area contributed by atoms with Gasteiger partial charge >= 0.3 is 0 Å². The van der Waals surface area contributed by atoms with E-state index < -0.39 is 35.1 Å². The molecule has 2 unspecified atom stereocenters. The fourth-order valence-electron chi connectivity index (χ4n) is 3.32. The summed E-state index contributed by atoms with van der Waals surface area (Å²) in [7, 11) is 1.50. The number of aliphatic imine (C=N–C) groups is 1. The molecular formula is C21H21ClFN5O4. The SMILES string of the molecule is COCCNC(=O)C1N=CNC1(C(N)=O)c1ccc(NC(=O)c2ccc(F)cc2Cl)cc1. The Balaban J connectivity index is 1.81. The first-order valence-corrected chi connectivity index (χ1v) is 9.90. The number of nitrogens with zero attached hydrogens (tertiary/aromatic N) is 1. The molecule has 9 nitrogen and oxygen atoms in total. The molecule has 3 amide bonds. The molecule has 0 radical (unpaired) electrons. The van der Waals surface area contributed by atoms with Crippen LogP contribution in [-0.2, 0) is 19.9 Å². The highest BCUT2D eigenvalue weighted by Gasteiger charge is 2.52. The summed E-state index contributed by atoms with van der Waals surface area (Å²) >= 11 is 5.93. The summed E-state index contributed by atoms with van der Waals surface area (Å²) in [5.41, 5.74) is 4.94. The second-order valence-electron chi connectivity index (χ2n) is 6.94. The van der Waals surface area contributed by atoms with Crippen molar-refractivity contribution < 1.29 is 23.5 Å². The summed E-state index contributed by atoms with van der Waals surface area (Å²) in [5, 5.41) is 8.07. The fraction of sp³-hybridized carbons (Fsp3) is 0.238. The lowest BCUT2D eigenvalue weighted by atomic mass is 9.82. The van der Waals surface area contributed by atoms with Gasteiger partial charge in [0.05, 0.1) is 23.5 Å². The number of halogens is 2. The number of amides is 3. The van der Waals surface area contributed by atoms with E-state index in [-0.39, 0.29) is 17.1 Å². The Hall–Kier alpha value is -3.50. The highest BCUT2D eigenvalue weighted by atomic mass is 35.5. The number of carbonyl (C=O) groups excluding carboxylic acids is 3. The highest BCUT2D eigenvalue weighted by molar-refractivity contribution is 6.34. The van der Waals surface area contributed by atoms with Gasteiger partial charge in [-0.3, -0.25) is 19.4 Å². The number of methoxy groups -OCH3 is 1. The predicted molar refractivity (Wildman–Crippen MR) is 117 cm³/mol. The van der Waals surface area contributed by atoms with Crippen molar-refractivity contribution in [1.82, 2.24) is 10.6 Å². The van der Waals surface area contributed by atoms with E-state index in [1.165, 1.54) is 31.6 Å². The Morgan fingerprint density at radius 3 is 2.59 bits per heavy atom. The van der Waals surface area contributed by atoms with E-state index in [2.05, 4.69) is 20.9 Å². The third kappa shape index (κ3) is 4.56. The first-order chi connectivity index (χ1) is 15.3. The summed E-state index contributed by atoms with van der Waals surface area (Å²) in [6, 6.07) is 8.48. The van der Waals surface area contributed by atoms with Crippen molar-refractivity contribution in [3.63, 3.8) is 0 Å². The molecule has 0 saturated heterocycles. The Morgan fingerprint density at radius 2 is 1.97 bits per heavy atom. The quantitative estimate of drug-likeness (QED) is 0.438. The van der Waals surface area contributed by atoms with Gasteiger partial charge in [0, 0.05) is 19.3 Å². The van der Waals surface area contributed by atoms with Gasteiger partial charge in [0.15, 0.2) is 11.6 Å². The van der Waals surface area contributed by atoms with Gasteiger partial charge in [0.2, 0.25) is 5.91 Å². The van der Waals surface area contributed by atoms with Crippen molar-refractivity contribution in [3.8, 4) is 0 Å². The van der Waals surface area contributed by atoms with Crippen LogP contribution in [0.4, 0.5) is 10.1 Å². The van der Waals surface area contributed by atoms with Crippen molar-refractivity contribution in [2.45, 2.75) is 11.6 Å². The molecule has 2 aromatic rings. The van der Waals surface area contributed by atoms with Crippen LogP contribution in [0.25, 0.3) is 0 Å². The molecule has 0 aromatic heterocycles. The average Bonchev–Trinajstić information content (AvgIpc) is 3.21. The van der Waals surface area contributed by atoms with Crippen LogP contribution in [-0.4, -0.2) is 50.4 Å². The van der Waals surface area contributed by atoms with E-state index in [9.17, 15) is 18.8 Å². The van der Waals surface area contributed by atoms with Crippen LogP contribution in [0.2, 0.25) is 5.02 Å². The predicted octanol–water partition coefficient (Wildman–Crippen LogP) is 1.17. The largest absolute Gasteiger partial charge is 0.383 e. The molecule has 168 valence electrons. The lowest BCUT2D eigenvalue weighted by Crippen LogP contribution is -2.60. The van der Waals surface area contributed by atoms with E-state index in [0.29, 0.717) is 17.9 Å². The molecule has 1 aliphatic rings. The molecule has 0 aliphatic carbocycles. The first-order valence-electron chi connectivity index (χ1n) is 9.52. The highest BCUT2D eigenvalue weighted by Crippen LogP contribution is 2.31. The number of nitrogens with two attached hydrogens (primary N) is 1. The molecule has 0 spiro atoms. The van der Waals surface area contributed by atoms with Crippen LogP contribution in [0, 0.1) is 5.82 Å². The van der Waals surface area contributed by atoms with E-state index in [1.54, 1.807) is 12.1 Å². The third-order valence-corrected chi connectivity index (χ3v) is 5.25. The maximum absolute atomic E-state index is 13.2. The summed E-state index contributed by atoms with van der Waals surface area (Å²) in [5.74, 6) is -2.38. The zero-order valence-electron chi connectivity index (χ0n) is 17.0. The van der Waals surface area contributed by atoms with Gasteiger partial charge in [-0.25, -0.2) is 4.39 Å². The van der Waals surface area contributed by atoms with Crippen molar-refractivity contribution in [2.75, 3.05) is 25.6 Å². The maximum Gasteiger partial charge on any atom is 0.257 e. The molecule has 11 heteroatoms. The van der Waals surface area contributed by atoms with Gasteiger partial charge in [-0.15, -0.1) is 0 Å². The van der Waals surface area contributed by atoms with Crippen LogP contribution in [0.3, 0.4) is 0 Å². The molecule has 2 atom stereocenters. The van der Waals surface area contributed by atoms with E-state index >= 15 is 0 Å². The van der Waals surface area contributed by atoms with Crippen LogP contribution in [0.5, 0.6) is 0 Å². The lowest BCUT2D eigenvalue weighted by Gasteiger charge is -2.31. The smallest absolute Gasteiger partial charge is 0.257 e. The van der Waals surface area contributed by atoms with Gasteiger partial charge in [0.25, 0.3) is 11.8 Å². The second-order valence-corrected chi connectivity index (χ2v) is 7.34. The molecule has 0 saturated carbocycles. The zero-order valence-corrected chi connectivity index (χ0v) is 17.8. The number of hydrogen-bond acceptors (Lipinski definition) is 6.